The summed E-state index contributed by atoms with van der Waals surface area (Å²) in [5.74, 6) is 1.37. The zero-order valence-electron chi connectivity index (χ0n) is 11.1. The van der Waals surface area contributed by atoms with E-state index in [1.807, 2.05) is 18.2 Å². The van der Waals surface area contributed by atoms with Crippen LogP contribution in [0.15, 0.2) is 29.1 Å². The lowest BCUT2D eigenvalue weighted by Crippen LogP contribution is -2.86. The molecule has 0 aliphatic rings. The molecule has 0 aliphatic heterocycles. The molecule has 3 N–H and O–H groups in total. The molecule has 0 radical (unpaired) electrons. The normalized spacial score (nSPS) is 13.1. The van der Waals surface area contributed by atoms with Gasteiger partial charge in [0.1, 0.15) is 6.04 Å². The number of hydrogen-bond donors (Lipinski definition) is 2. The average molecular weight is 246 g/mol. The Morgan fingerprint density at radius 3 is 2.72 bits per heavy atom. The largest absolute Gasteiger partial charge is 0.338 e. The van der Waals surface area contributed by atoms with Crippen LogP contribution in [0.4, 0.5) is 0 Å². The van der Waals surface area contributed by atoms with E-state index >= 15 is 0 Å². The zero-order chi connectivity index (χ0) is 13.1. The monoisotopic (exact) mass is 246 g/mol. The van der Waals surface area contributed by atoms with Crippen LogP contribution in [0.3, 0.4) is 0 Å². The Bertz CT molecular complexity index is 589. The molecule has 4 heteroatoms. The van der Waals surface area contributed by atoms with Gasteiger partial charge in [0.15, 0.2) is 5.82 Å². The van der Waals surface area contributed by atoms with Crippen molar-refractivity contribution in [2.75, 3.05) is 6.54 Å². The molecule has 1 aromatic carbocycles. The Hall–Kier alpha value is -1.68. The number of hydrogen-bond acceptors (Lipinski definition) is 2. The summed E-state index contributed by atoms with van der Waals surface area (Å²) in [6.07, 6.45) is 0. The van der Waals surface area contributed by atoms with Gasteiger partial charge in [-0.2, -0.15) is 0 Å². The summed E-state index contributed by atoms with van der Waals surface area (Å²) >= 11 is 0. The highest BCUT2D eigenvalue weighted by Crippen LogP contribution is 2.08. The quantitative estimate of drug-likeness (QED) is 0.851. The summed E-state index contributed by atoms with van der Waals surface area (Å²) in [6.45, 7) is 7.45. The number of aromatic amines is 1. The van der Waals surface area contributed by atoms with Gasteiger partial charge in [-0.3, -0.25) is 4.79 Å². The van der Waals surface area contributed by atoms with Gasteiger partial charge in [-0.05, 0) is 19.1 Å². The van der Waals surface area contributed by atoms with Crippen molar-refractivity contribution in [2.45, 2.75) is 26.8 Å². The van der Waals surface area contributed by atoms with Crippen LogP contribution >= 0.6 is 0 Å². The number of nitrogens with two attached hydrogens (primary N) is 1. The van der Waals surface area contributed by atoms with Crippen LogP contribution in [0, 0.1) is 5.92 Å². The predicted octanol–water partition coefficient (Wildman–Crippen LogP) is 1.20. The molecule has 2 rings (SSSR count). The molecule has 1 aromatic heterocycles. The Morgan fingerprint density at radius 2 is 2.00 bits per heavy atom. The van der Waals surface area contributed by atoms with Crippen LogP contribution in [0.2, 0.25) is 0 Å². The molecular weight excluding hydrogens is 226 g/mol. The molecule has 1 heterocycles. The third kappa shape index (κ3) is 2.76. The minimum Gasteiger partial charge on any atom is -0.338 e. The summed E-state index contributed by atoms with van der Waals surface area (Å²) in [5, 5.41) is 2.86. The maximum atomic E-state index is 11.9. The van der Waals surface area contributed by atoms with E-state index in [0.717, 1.165) is 17.9 Å². The summed E-state index contributed by atoms with van der Waals surface area (Å²) < 4.78 is 0. The third-order valence-electron chi connectivity index (χ3n) is 3.02. The SMILES string of the molecule is CC(C)C[NH2+][C@@H](C)c1nc2ccccc2c(=O)[nH]1. The van der Waals surface area contributed by atoms with Crippen molar-refractivity contribution in [3.05, 3.63) is 40.4 Å². The van der Waals surface area contributed by atoms with Gasteiger partial charge in [0.25, 0.3) is 5.56 Å². The lowest BCUT2D eigenvalue weighted by Gasteiger charge is -2.12. The van der Waals surface area contributed by atoms with Crippen LogP contribution in [0.1, 0.15) is 32.6 Å². The standard InChI is InChI=1S/C14H19N3O/c1-9(2)8-15-10(3)13-16-12-7-5-4-6-11(12)14(18)17-13/h4-7,9-10,15H,8H2,1-3H3,(H,16,17,18)/p+1/t10-/m0/s1. The zero-order valence-corrected chi connectivity index (χ0v) is 11.1. The van der Waals surface area contributed by atoms with Gasteiger partial charge in [0, 0.05) is 5.92 Å². The molecule has 1 atom stereocenters. The van der Waals surface area contributed by atoms with E-state index in [1.165, 1.54) is 0 Å². The van der Waals surface area contributed by atoms with Crippen molar-refractivity contribution in [1.82, 2.24) is 9.97 Å². The Kier molecular flexibility index (Phi) is 3.77. The molecule has 0 bridgehead atoms. The van der Waals surface area contributed by atoms with Gasteiger partial charge < -0.3 is 10.3 Å². The fraction of sp³-hybridized carbons (Fsp3) is 0.429. The maximum Gasteiger partial charge on any atom is 0.258 e. The summed E-state index contributed by atoms with van der Waals surface area (Å²) in [6, 6.07) is 7.61. The molecule has 4 nitrogen and oxygen atoms in total. The van der Waals surface area contributed by atoms with E-state index in [0.29, 0.717) is 11.3 Å². The van der Waals surface area contributed by atoms with Crippen LogP contribution in [-0.2, 0) is 0 Å². The van der Waals surface area contributed by atoms with Gasteiger partial charge >= 0.3 is 0 Å². The van der Waals surface area contributed by atoms with Crippen molar-refractivity contribution >= 4 is 10.9 Å². The number of nitrogens with one attached hydrogen (secondary N) is 1. The highest BCUT2D eigenvalue weighted by atomic mass is 16.1. The number of benzene rings is 1. The minimum atomic E-state index is -0.0552. The molecule has 0 saturated heterocycles. The van der Waals surface area contributed by atoms with Crippen molar-refractivity contribution in [3.8, 4) is 0 Å². The first-order valence-electron chi connectivity index (χ1n) is 6.40. The Labute approximate surface area is 106 Å². The highest BCUT2D eigenvalue weighted by molar-refractivity contribution is 5.77. The van der Waals surface area contributed by atoms with Gasteiger partial charge in [-0.1, -0.05) is 26.0 Å². The predicted molar refractivity (Wildman–Crippen MR) is 72.4 cm³/mol. The van der Waals surface area contributed by atoms with E-state index in [2.05, 4.69) is 36.1 Å². The number of H-pyrrole nitrogens is 1. The van der Waals surface area contributed by atoms with Crippen molar-refractivity contribution in [2.24, 2.45) is 5.92 Å². The van der Waals surface area contributed by atoms with E-state index in [4.69, 9.17) is 0 Å². The molecule has 0 spiro atoms. The van der Waals surface area contributed by atoms with Gasteiger partial charge in [0.2, 0.25) is 0 Å². The van der Waals surface area contributed by atoms with E-state index in [9.17, 15) is 4.79 Å². The molecule has 0 saturated carbocycles. The lowest BCUT2D eigenvalue weighted by molar-refractivity contribution is -0.698. The highest BCUT2D eigenvalue weighted by Gasteiger charge is 2.13. The molecular formula is C14H20N3O+. The Morgan fingerprint density at radius 1 is 1.28 bits per heavy atom. The number of nitrogens with zero attached hydrogens (tertiary/aromatic N) is 1. The van der Waals surface area contributed by atoms with Crippen molar-refractivity contribution in [1.29, 1.82) is 0 Å². The first-order chi connectivity index (χ1) is 8.58. The first-order valence-corrected chi connectivity index (χ1v) is 6.40. The van der Waals surface area contributed by atoms with Gasteiger partial charge in [-0.25, -0.2) is 4.98 Å². The molecule has 2 aromatic rings. The van der Waals surface area contributed by atoms with E-state index in [-0.39, 0.29) is 11.6 Å². The smallest absolute Gasteiger partial charge is 0.258 e. The van der Waals surface area contributed by atoms with Crippen LogP contribution in [-0.4, -0.2) is 16.5 Å². The van der Waals surface area contributed by atoms with Gasteiger partial charge in [0.05, 0.1) is 17.4 Å². The molecule has 18 heavy (non-hydrogen) atoms. The maximum absolute atomic E-state index is 11.9. The fourth-order valence-electron chi connectivity index (χ4n) is 1.91. The fourth-order valence-corrected chi connectivity index (χ4v) is 1.91. The van der Waals surface area contributed by atoms with Crippen molar-refractivity contribution < 1.29 is 5.32 Å². The molecule has 0 fully saturated rings. The van der Waals surface area contributed by atoms with Crippen LogP contribution in [0.25, 0.3) is 10.9 Å². The molecule has 96 valence electrons. The number of quaternary nitrogens is 1. The first kappa shape index (κ1) is 12.8. The number of fused-ring (bicyclic) bond motifs is 1. The number of aromatic nitrogens is 2. The summed E-state index contributed by atoms with van der Waals surface area (Å²) in [7, 11) is 0. The van der Waals surface area contributed by atoms with Crippen LogP contribution in [0.5, 0.6) is 0 Å². The minimum absolute atomic E-state index is 0.0552. The summed E-state index contributed by atoms with van der Waals surface area (Å²) in [5.41, 5.74) is 0.710. The third-order valence-corrected chi connectivity index (χ3v) is 3.02. The second kappa shape index (κ2) is 5.31. The molecule has 0 unspecified atom stereocenters. The Balaban J connectivity index is 2.31. The average Bonchev–Trinajstić information content (AvgIpc) is 2.36. The number of rotatable bonds is 4. The summed E-state index contributed by atoms with van der Waals surface area (Å²) in [4.78, 5) is 19.3. The molecule has 0 aliphatic carbocycles. The second-order valence-corrected chi connectivity index (χ2v) is 5.12. The topological polar surface area (TPSA) is 62.4 Å². The number of para-hydroxylation sites is 1. The van der Waals surface area contributed by atoms with Gasteiger partial charge in [-0.15, -0.1) is 0 Å². The lowest BCUT2D eigenvalue weighted by atomic mass is 10.2. The van der Waals surface area contributed by atoms with E-state index in [1.54, 1.807) is 6.07 Å². The van der Waals surface area contributed by atoms with Crippen LogP contribution < -0.4 is 10.9 Å². The van der Waals surface area contributed by atoms with Crippen molar-refractivity contribution in [3.63, 3.8) is 0 Å². The molecule has 0 amide bonds. The second-order valence-electron chi connectivity index (χ2n) is 5.12. The van der Waals surface area contributed by atoms with E-state index < -0.39 is 0 Å².